The van der Waals surface area contributed by atoms with Crippen LogP contribution in [0.2, 0.25) is 0 Å². The first-order chi connectivity index (χ1) is 10.1. The molecule has 0 radical (unpaired) electrons. The summed E-state index contributed by atoms with van der Waals surface area (Å²) in [6.45, 7) is 8.97. The lowest BCUT2D eigenvalue weighted by atomic mass is 10.1. The smallest absolute Gasteiger partial charge is 0.0572 e. The topological polar surface area (TPSA) is 31.4 Å². The maximum absolute atomic E-state index is 4.63. The molecule has 2 atom stereocenters. The fourth-order valence-electron chi connectivity index (χ4n) is 3.01. The Morgan fingerprint density at radius 1 is 1.48 bits per heavy atom. The first kappa shape index (κ1) is 16.2. The molecule has 0 bridgehead atoms. The number of anilines is 1. The zero-order valence-corrected chi connectivity index (χ0v) is 14.0. The molecule has 21 heavy (non-hydrogen) atoms. The van der Waals surface area contributed by atoms with E-state index in [0.717, 1.165) is 31.1 Å². The van der Waals surface area contributed by atoms with Gasteiger partial charge in [0.1, 0.15) is 0 Å². The molecule has 1 saturated heterocycles. The molecule has 4 heteroatoms. The first-order valence-corrected chi connectivity index (χ1v) is 8.19. The summed E-state index contributed by atoms with van der Waals surface area (Å²) < 4.78 is 0. The molecule has 1 N–H and O–H groups in total. The van der Waals surface area contributed by atoms with Gasteiger partial charge in [-0.05, 0) is 58.0 Å². The van der Waals surface area contributed by atoms with Gasteiger partial charge in [-0.25, -0.2) is 0 Å². The van der Waals surface area contributed by atoms with Crippen LogP contribution in [-0.2, 0) is 0 Å². The zero-order chi connectivity index (χ0) is 15.2. The van der Waals surface area contributed by atoms with Crippen molar-refractivity contribution in [1.82, 2.24) is 15.2 Å². The molecule has 1 aromatic rings. The molecular formula is C17H30N4. The van der Waals surface area contributed by atoms with Crippen molar-refractivity contribution < 1.29 is 0 Å². The van der Waals surface area contributed by atoms with Crippen molar-refractivity contribution in [3.63, 3.8) is 0 Å². The summed E-state index contributed by atoms with van der Waals surface area (Å²) in [4.78, 5) is 9.38. The number of pyridine rings is 1. The highest BCUT2D eigenvalue weighted by Crippen LogP contribution is 2.20. The monoisotopic (exact) mass is 290 g/mol. The van der Waals surface area contributed by atoms with E-state index in [1.807, 2.05) is 6.20 Å². The standard InChI is InChI=1S/C17H30N4/c1-5-9-18-14(2)17-7-6-16(11-19-17)21(4)13-15-8-10-20(3)12-15/h6-7,11,14-15,18H,5,8-10,12-13H2,1-4H3. The predicted molar refractivity (Wildman–Crippen MR) is 89.8 cm³/mol. The van der Waals surface area contributed by atoms with Crippen molar-refractivity contribution >= 4 is 5.69 Å². The summed E-state index contributed by atoms with van der Waals surface area (Å²) in [7, 11) is 4.38. The van der Waals surface area contributed by atoms with Crippen LogP contribution in [0.25, 0.3) is 0 Å². The molecule has 4 nitrogen and oxygen atoms in total. The van der Waals surface area contributed by atoms with Crippen molar-refractivity contribution in [1.29, 1.82) is 0 Å². The van der Waals surface area contributed by atoms with Crippen molar-refractivity contribution in [3.05, 3.63) is 24.0 Å². The predicted octanol–water partition coefficient (Wildman–Crippen LogP) is 2.53. The molecular weight excluding hydrogens is 260 g/mol. The Hall–Kier alpha value is -1.13. The lowest BCUT2D eigenvalue weighted by Crippen LogP contribution is -2.27. The van der Waals surface area contributed by atoms with Gasteiger partial charge in [-0.1, -0.05) is 6.92 Å². The molecule has 0 aliphatic carbocycles. The van der Waals surface area contributed by atoms with Gasteiger partial charge < -0.3 is 15.1 Å². The van der Waals surface area contributed by atoms with E-state index in [4.69, 9.17) is 0 Å². The molecule has 2 rings (SSSR count). The summed E-state index contributed by atoms with van der Waals surface area (Å²) in [6, 6.07) is 4.68. The highest BCUT2D eigenvalue weighted by Gasteiger charge is 2.21. The molecule has 1 aliphatic rings. The number of nitrogens with zero attached hydrogens (tertiary/aromatic N) is 3. The fourth-order valence-corrected chi connectivity index (χ4v) is 3.01. The van der Waals surface area contributed by atoms with E-state index < -0.39 is 0 Å². The van der Waals surface area contributed by atoms with Gasteiger partial charge in [0.2, 0.25) is 0 Å². The lowest BCUT2D eigenvalue weighted by Gasteiger charge is -2.23. The van der Waals surface area contributed by atoms with Crippen LogP contribution in [-0.4, -0.2) is 50.2 Å². The SMILES string of the molecule is CCCNC(C)c1ccc(N(C)CC2CCN(C)C2)cn1. The number of hydrogen-bond donors (Lipinski definition) is 1. The van der Waals surface area contributed by atoms with Crippen LogP contribution < -0.4 is 10.2 Å². The van der Waals surface area contributed by atoms with Gasteiger partial charge in [0.25, 0.3) is 0 Å². The average Bonchev–Trinajstić information content (AvgIpc) is 2.90. The Morgan fingerprint density at radius 2 is 2.29 bits per heavy atom. The van der Waals surface area contributed by atoms with E-state index in [2.05, 4.69) is 60.2 Å². The van der Waals surface area contributed by atoms with E-state index in [9.17, 15) is 0 Å². The Bertz CT molecular complexity index is 417. The average molecular weight is 290 g/mol. The third-order valence-electron chi connectivity index (χ3n) is 4.38. The zero-order valence-electron chi connectivity index (χ0n) is 14.0. The van der Waals surface area contributed by atoms with Gasteiger partial charge in [0.05, 0.1) is 17.6 Å². The maximum atomic E-state index is 4.63. The molecule has 118 valence electrons. The minimum Gasteiger partial charge on any atom is -0.373 e. The molecule has 2 unspecified atom stereocenters. The largest absolute Gasteiger partial charge is 0.373 e. The van der Waals surface area contributed by atoms with Crippen LogP contribution in [0, 0.1) is 5.92 Å². The summed E-state index contributed by atoms with van der Waals surface area (Å²) in [6.07, 6.45) is 4.48. The Balaban J connectivity index is 1.88. The van der Waals surface area contributed by atoms with Crippen molar-refractivity contribution in [2.45, 2.75) is 32.7 Å². The van der Waals surface area contributed by atoms with Crippen LogP contribution in [0.4, 0.5) is 5.69 Å². The normalized spacial score (nSPS) is 20.7. The number of likely N-dealkylation sites (tertiary alicyclic amines) is 1. The Kier molecular flexibility index (Phi) is 6.00. The van der Waals surface area contributed by atoms with Gasteiger partial charge in [0.15, 0.2) is 0 Å². The quantitative estimate of drug-likeness (QED) is 0.836. The third kappa shape index (κ3) is 4.68. The van der Waals surface area contributed by atoms with E-state index in [0.29, 0.717) is 6.04 Å². The number of aromatic nitrogens is 1. The first-order valence-electron chi connectivity index (χ1n) is 8.19. The molecule has 0 saturated carbocycles. The van der Waals surface area contributed by atoms with Crippen LogP contribution in [0.5, 0.6) is 0 Å². The summed E-state index contributed by atoms with van der Waals surface area (Å²) in [5.41, 5.74) is 2.34. The second-order valence-corrected chi connectivity index (χ2v) is 6.41. The third-order valence-corrected chi connectivity index (χ3v) is 4.38. The molecule has 1 aliphatic heterocycles. The maximum Gasteiger partial charge on any atom is 0.0572 e. The van der Waals surface area contributed by atoms with Crippen LogP contribution in [0.15, 0.2) is 18.3 Å². The summed E-state index contributed by atoms with van der Waals surface area (Å²) in [5, 5.41) is 3.48. The number of nitrogens with one attached hydrogen (secondary N) is 1. The number of hydrogen-bond acceptors (Lipinski definition) is 4. The molecule has 1 fully saturated rings. The van der Waals surface area contributed by atoms with Crippen LogP contribution in [0.3, 0.4) is 0 Å². The summed E-state index contributed by atoms with van der Waals surface area (Å²) in [5.74, 6) is 0.782. The van der Waals surface area contributed by atoms with Gasteiger partial charge in [0, 0.05) is 26.2 Å². The summed E-state index contributed by atoms with van der Waals surface area (Å²) >= 11 is 0. The van der Waals surface area contributed by atoms with Crippen molar-refractivity contribution in [2.24, 2.45) is 5.92 Å². The van der Waals surface area contributed by atoms with E-state index in [1.165, 1.54) is 25.2 Å². The minimum atomic E-state index is 0.327. The second kappa shape index (κ2) is 7.76. The Morgan fingerprint density at radius 3 is 2.86 bits per heavy atom. The van der Waals surface area contributed by atoms with Gasteiger partial charge in [-0.3, -0.25) is 4.98 Å². The highest BCUT2D eigenvalue weighted by molar-refractivity contribution is 5.44. The molecule has 1 aromatic heterocycles. The Labute approximate surface area is 129 Å². The van der Waals surface area contributed by atoms with E-state index in [-0.39, 0.29) is 0 Å². The fraction of sp³-hybridized carbons (Fsp3) is 0.706. The van der Waals surface area contributed by atoms with Crippen molar-refractivity contribution in [2.75, 3.05) is 45.2 Å². The molecule has 0 amide bonds. The van der Waals surface area contributed by atoms with Gasteiger partial charge >= 0.3 is 0 Å². The molecule has 0 spiro atoms. The van der Waals surface area contributed by atoms with E-state index >= 15 is 0 Å². The van der Waals surface area contributed by atoms with E-state index in [1.54, 1.807) is 0 Å². The van der Waals surface area contributed by atoms with Gasteiger partial charge in [-0.2, -0.15) is 0 Å². The van der Waals surface area contributed by atoms with Gasteiger partial charge in [-0.15, -0.1) is 0 Å². The molecule has 0 aromatic carbocycles. The second-order valence-electron chi connectivity index (χ2n) is 6.41. The lowest BCUT2D eigenvalue weighted by molar-refractivity contribution is 0.396. The van der Waals surface area contributed by atoms with Crippen LogP contribution in [0.1, 0.15) is 38.4 Å². The highest BCUT2D eigenvalue weighted by atomic mass is 15.2. The minimum absolute atomic E-state index is 0.327. The van der Waals surface area contributed by atoms with Crippen molar-refractivity contribution in [3.8, 4) is 0 Å². The number of rotatable bonds is 7. The van der Waals surface area contributed by atoms with Crippen LogP contribution >= 0.6 is 0 Å². The molecule has 2 heterocycles.